The normalized spacial score (nSPS) is 13.2. The maximum Gasteiger partial charge on any atom is 0.407 e. The van der Waals surface area contributed by atoms with Crippen LogP contribution in [-0.2, 0) is 9.53 Å². The van der Waals surface area contributed by atoms with Crippen LogP contribution in [0.4, 0.5) is 4.79 Å². The zero-order valence-corrected chi connectivity index (χ0v) is 12.4. The fraction of sp³-hybridized carbons (Fsp3) is 0.846. The lowest BCUT2D eigenvalue weighted by Crippen LogP contribution is -2.40. The van der Waals surface area contributed by atoms with Gasteiger partial charge in [-0.05, 0) is 32.6 Å². The monoisotopic (exact) mass is 274 g/mol. The fourth-order valence-electron chi connectivity index (χ4n) is 1.44. The molecule has 6 heteroatoms. The molecule has 0 heterocycles. The van der Waals surface area contributed by atoms with E-state index in [9.17, 15) is 9.59 Å². The average molecular weight is 274 g/mol. The molecule has 112 valence electrons. The Hall–Kier alpha value is -1.30. The first kappa shape index (κ1) is 17.7. The Morgan fingerprint density at radius 3 is 2.21 bits per heavy atom. The number of rotatable bonds is 7. The summed E-state index contributed by atoms with van der Waals surface area (Å²) in [6.07, 6.45) is -0.448. The molecule has 0 aromatic heterocycles. The summed E-state index contributed by atoms with van der Waals surface area (Å²) in [5.74, 6) is -0.397. The van der Waals surface area contributed by atoms with E-state index in [1.807, 2.05) is 13.8 Å². The molecule has 0 spiro atoms. The van der Waals surface area contributed by atoms with E-state index >= 15 is 0 Å². The Labute approximate surface area is 114 Å². The van der Waals surface area contributed by atoms with Crippen LogP contribution < -0.4 is 10.6 Å². The van der Waals surface area contributed by atoms with Crippen LogP contribution in [0.2, 0.25) is 0 Å². The largest absolute Gasteiger partial charge is 0.480 e. The summed E-state index contributed by atoms with van der Waals surface area (Å²) in [7, 11) is 0. The lowest BCUT2D eigenvalue weighted by atomic mass is 9.96. The van der Waals surface area contributed by atoms with E-state index in [-0.39, 0.29) is 12.5 Å². The summed E-state index contributed by atoms with van der Waals surface area (Å²) >= 11 is 0. The van der Waals surface area contributed by atoms with Crippen molar-refractivity contribution in [2.24, 2.45) is 11.8 Å². The minimum Gasteiger partial charge on any atom is -0.480 e. The molecular weight excluding hydrogens is 248 g/mol. The first-order valence-electron chi connectivity index (χ1n) is 6.51. The van der Waals surface area contributed by atoms with Crippen LogP contribution in [0.15, 0.2) is 0 Å². The van der Waals surface area contributed by atoms with Gasteiger partial charge in [-0.2, -0.15) is 0 Å². The van der Waals surface area contributed by atoms with Crippen LogP contribution in [-0.4, -0.2) is 42.4 Å². The lowest BCUT2D eigenvalue weighted by molar-refractivity contribution is -0.136. The second-order valence-corrected chi connectivity index (χ2v) is 5.91. The Morgan fingerprint density at radius 1 is 1.21 bits per heavy atom. The molecule has 0 radical (unpaired) electrons. The number of ether oxygens (including phenoxy) is 1. The van der Waals surface area contributed by atoms with Crippen LogP contribution >= 0.6 is 0 Å². The second-order valence-electron chi connectivity index (χ2n) is 5.91. The molecule has 0 aromatic carbocycles. The van der Waals surface area contributed by atoms with Crippen molar-refractivity contribution in [3.05, 3.63) is 0 Å². The molecule has 0 rings (SSSR count). The second kappa shape index (κ2) is 7.99. The Morgan fingerprint density at radius 2 is 1.79 bits per heavy atom. The smallest absolute Gasteiger partial charge is 0.407 e. The van der Waals surface area contributed by atoms with Gasteiger partial charge in [0.15, 0.2) is 0 Å². The molecule has 1 amide bonds. The number of carbonyl (C=O) groups excluding carboxylic acids is 1. The van der Waals surface area contributed by atoms with Gasteiger partial charge in [0, 0.05) is 13.1 Å². The molecule has 0 saturated carbocycles. The Bertz CT molecular complexity index is 298. The minimum absolute atomic E-state index is 0.0738. The summed E-state index contributed by atoms with van der Waals surface area (Å²) in [5.41, 5.74) is -0.515. The van der Waals surface area contributed by atoms with Crippen LogP contribution in [0.25, 0.3) is 0 Å². The number of hydrogen-bond acceptors (Lipinski definition) is 4. The van der Waals surface area contributed by atoms with Crippen molar-refractivity contribution in [1.29, 1.82) is 0 Å². The number of carbonyl (C=O) groups is 2. The van der Waals surface area contributed by atoms with Gasteiger partial charge >= 0.3 is 12.1 Å². The number of hydrogen-bond donors (Lipinski definition) is 3. The summed E-state index contributed by atoms with van der Waals surface area (Å²) in [5, 5.41) is 14.1. The molecule has 0 bridgehead atoms. The number of amides is 1. The molecule has 19 heavy (non-hydrogen) atoms. The van der Waals surface area contributed by atoms with Crippen LogP contribution in [0.3, 0.4) is 0 Å². The van der Waals surface area contributed by atoms with Crippen molar-refractivity contribution in [2.45, 2.75) is 40.2 Å². The Balaban J connectivity index is 4.07. The number of aliphatic carboxylic acids is 1. The highest BCUT2D eigenvalue weighted by Crippen LogP contribution is 2.10. The first-order chi connectivity index (χ1) is 8.61. The van der Waals surface area contributed by atoms with E-state index in [0.717, 1.165) is 0 Å². The van der Waals surface area contributed by atoms with Gasteiger partial charge < -0.3 is 20.5 Å². The zero-order valence-electron chi connectivity index (χ0n) is 12.4. The summed E-state index contributed by atoms with van der Waals surface area (Å²) in [6.45, 7) is 10.4. The standard InChI is InChI=1S/C13H26N2O4/c1-9(2)10(6-14-8-11(16)17)7-15-12(18)19-13(3,4)5/h9-10,14H,6-8H2,1-5H3,(H,15,18)(H,16,17). The van der Waals surface area contributed by atoms with Gasteiger partial charge in [-0.1, -0.05) is 13.8 Å². The highest BCUT2D eigenvalue weighted by molar-refractivity contribution is 5.69. The molecule has 0 aliphatic carbocycles. The number of nitrogens with one attached hydrogen (secondary N) is 2. The highest BCUT2D eigenvalue weighted by Gasteiger charge is 2.19. The molecule has 0 fully saturated rings. The van der Waals surface area contributed by atoms with Gasteiger partial charge in [0.1, 0.15) is 5.60 Å². The Kier molecular flexibility index (Phi) is 7.44. The molecule has 1 unspecified atom stereocenters. The van der Waals surface area contributed by atoms with E-state index in [4.69, 9.17) is 9.84 Å². The van der Waals surface area contributed by atoms with Crippen LogP contribution in [0.1, 0.15) is 34.6 Å². The van der Waals surface area contributed by atoms with E-state index in [2.05, 4.69) is 10.6 Å². The molecule has 0 saturated heterocycles. The van der Waals surface area contributed by atoms with Crippen molar-refractivity contribution >= 4 is 12.1 Å². The van der Waals surface area contributed by atoms with Gasteiger partial charge in [0.05, 0.1) is 6.54 Å². The molecule has 0 aromatic rings. The summed E-state index contributed by atoms with van der Waals surface area (Å²) in [6, 6.07) is 0. The number of carboxylic acid groups (broad SMARTS) is 1. The predicted octanol–water partition coefficient (Wildman–Crippen LogP) is 1.46. The molecule has 1 atom stereocenters. The van der Waals surface area contributed by atoms with Crippen molar-refractivity contribution in [3.63, 3.8) is 0 Å². The van der Waals surface area contributed by atoms with Crippen molar-refractivity contribution in [3.8, 4) is 0 Å². The number of alkyl carbamates (subject to hydrolysis) is 1. The van der Waals surface area contributed by atoms with Gasteiger partial charge in [-0.3, -0.25) is 4.79 Å². The minimum atomic E-state index is -0.886. The molecule has 0 aliphatic rings. The van der Waals surface area contributed by atoms with E-state index in [1.165, 1.54) is 0 Å². The SMILES string of the molecule is CC(C)C(CNCC(=O)O)CNC(=O)OC(C)(C)C. The quantitative estimate of drug-likeness (QED) is 0.654. The van der Waals surface area contributed by atoms with Crippen molar-refractivity contribution in [1.82, 2.24) is 10.6 Å². The predicted molar refractivity (Wildman–Crippen MR) is 73.1 cm³/mol. The van der Waals surface area contributed by atoms with Crippen molar-refractivity contribution < 1.29 is 19.4 Å². The van der Waals surface area contributed by atoms with Gasteiger partial charge in [-0.15, -0.1) is 0 Å². The third kappa shape index (κ3) is 10.3. The lowest BCUT2D eigenvalue weighted by Gasteiger charge is -2.24. The average Bonchev–Trinajstić information content (AvgIpc) is 2.19. The van der Waals surface area contributed by atoms with E-state index in [1.54, 1.807) is 20.8 Å². The van der Waals surface area contributed by atoms with E-state index in [0.29, 0.717) is 19.0 Å². The van der Waals surface area contributed by atoms with Crippen molar-refractivity contribution in [2.75, 3.05) is 19.6 Å². The van der Waals surface area contributed by atoms with Crippen LogP contribution in [0, 0.1) is 11.8 Å². The van der Waals surface area contributed by atoms with Gasteiger partial charge in [0.2, 0.25) is 0 Å². The fourth-order valence-corrected chi connectivity index (χ4v) is 1.44. The summed E-state index contributed by atoms with van der Waals surface area (Å²) in [4.78, 5) is 21.9. The zero-order chi connectivity index (χ0) is 15.1. The van der Waals surface area contributed by atoms with Gasteiger partial charge in [-0.25, -0.2) is 4.79 Å². The maximum absolute atomic E-state index is 11.5. The molecule has 0 aliphatic heterocycles. The summed E-state index contributed by atoms with van der Waals surface area (Å²) < 4.78 is 5.15. The van der Waals surface area contributed by atoms with Crippen LogP contribution in [0.5, 0.6) is 0 Å². The third-order valence-electron chi connectivity index (χ3n) is 2.53. The number of carboxylic acids is 1. The molecular formula is C13H26N2O4. The van der Waals surface area contributed by atoms with Gasteiger partial charge in [0.25, 0.3) is 0 Å². The maximum atomic E-state index is 11.5. The highest BCUT2D eigenvalue weighted by atomic mass is 16.6. The third-order valence-corrected chi connectivity index (χ3v) is 2.53. The first-order valence-corrected chi connectivity index (χ1v) is 6.51. The molecule has 3 N–H and O–H groups in total. The topological polar surface area (TPSA) is 87.7 Å². The molecule has 6 nitrogen and oxygen atoms in total. The van der Waals surface area contributed by atoms with E-state index < -0.39 is 17.7 Å².